The maximum atomic E-state index is 12.8. The van der Waals surface area contributed by atoms with Crippen molar-refractivity contribution < 1.29 is 23.8 Å². The molecule has 0 aromatic heterocycles. The van der Waals surface area contributed by atoms with Crippen LogP contribution in [0.2, 0.25) is 0 Å². The Labute approximate surface area is 220 Å². The molecule has 1 N–H and O–H groups in total. The predicted molar refractivity (Wildman–Crippen MR) is 142 cm³/mol. The van der Waals surface area contributed by atoms with Gasteiger partial charge in [-0.05, 0) is 67.7 Å². The fourth-order valence-electron chi connectivity index (χ4n) is 5.21. The summed E-state index contributed by atoms with van der Waals surface area (Å²) in [6, 6.07) is 15.7. The smallest absolute Gasteiger partial charge is 0.410 e. The topological polar surface area (TPSA) is 77.1 Å². The Bertz CT molecular complexity index is 1010. The van der Waals surface area contributed by atoms with Gasteiger partial charge in [0.25, 0.3) is 0 Å². The van der Waals surface area contributed by atoms with Gasteiger partial charge in [-0.1, -0.05) is 49.7 Å². The summed E-state index contributed by atoms with van der Waals surface area (Å²) in [6.07, 6.45) is 6.56. The van der Waals surface area contributed by atoms with Crippen LogP contribution in [0.4, 0.5) is 4.79 Å². The summed E-state index contributed by atoms with van der Waals surface area (Å²) in [4.78, 5) is 27.2. The normalized spacial score (nSPS) is 20.2. The molecule has 1 aliphatic carbocycles. The third kappa shape index (κ3) is 7.63. The third-order valence-electron chi connectivity index (χ3n) is 7.69. The van der Waals surface area contributed by atoms with E-state index in [4.69, 9.17) is 14.2 Å². The van der Waals surface area contributed by atoms with E-state index in [0.717, 1.165) is 42.7 Å². The van der Waals surface area contributed by atoms with Crippen molar-refractivity contribution in [1.82, 2.24) is 10.2 Å². The lowest BCUT2D eigenvalue weighted by atomic mass is 9.86. The molecule has 2 aromatic carbocycles. The number of nitrogens with zero attached hydrogens (tertiary/aromatic N) is 1. The number of rotatable bonds is 9. The van der Waals surface area contributed by atoms with Crippen molar-refractivity contribution in [2.75, 3.05) is 20.2 Å². The Kier molecular flexibility index (Phi) is 9.69. The number of ether oxygens (including phenoxy) is 3. The zero-order valence-corrected chi connectivity index (χ0v) is 22.1. The Morgan fingerprint density at radius 3 is 2.32 bits per heavy atom. The van der Waals surface area contributed by atoms with Crippen molar-refractivity contribution >= 4 is 12.0 Å². The van der Waals surface area contributed by atoms with Gasteiger partial charge in [-0.2, -0.15) is 0 Å². The minimum absolute atomic E-state index is 0.0225. The molecular weight excluding hydrogens is 468 g/mol. The van der Waals surface area contributed by atoms with Crippen molar-refractivity contribution in [3.05, 3.63) is 59.7 Å². The van der Waals surface area contributed by atoms with Crippen LogP contribution >= 0.6 is 0 Å². The lowest BCUT2D eigenvalue weighted by molar-refractivity contribution is -0.126. The van der Waals surface area contributed by atoms with Crippen molar-refractivity contribution in [3.63, 3.8) is 0 Å². The molecule has 1 heterocycles. The first-order valence-electron chi connectivity index (χ1n) is 13.6. The molecule has 0 spiro atoms. The Morgan fingerprint density at radius 1 is 0.919 bits per heavy atom. The highest BCUT2D eigenvalue weighted by molar-refractivity contribution is 5.79. The molecule has 7 nitrogen and oxygen atoms in total. The second-order valence-corrected chi connectivity index (χ2v) is 10.2. The first kappa shape index (κ1) is 26.8. The Balaban J connectivity index is 1.19. The van der Waals surface area contributed by atoms with E-state index in [-0.39, 0.29) is 24.0 Å². The van der Waals surface area contributed by atoms with Gasteiger partial charge in [0.2, 0.25) is 5.91 Å². The van der Waals surface area contributed by atoms with Crippen molar-refractivity contribution in [3.8, 4) is 11.5 Å². The minimum atomic E-state index is -0.222. The first-order valence-corrected chi connectivity index (χ1v) is 13.6. The lowest BCUT2D eigenvalue weighted by Gasteiger charge is -2.33. The summed E-state index contributed by atoms with van der Waals surface area (Å²) < 4.78 is 17.2. The van der Waals surface area contributed by atoms with Gasteiger partial charge < -0.3 is 24.4 Å². The van der Waals surface area contributed by atoms with Crippen LogP contribution in [0.25, 0.3) is 0 Å². The number of benzene rings is 2. The molecule has 2 aromatic rings. The standard InChI is InChI=1S/C30H40N2O5/c1-3-22-9-12-26(13-10-22)37-30(34)32-17-15-25(16-18-32)29(33)31-20-24-11-14-27(28(19-24)35-2)36-21-23-7-5-4-6-8-23/h4-8,11,14,19,22,25-26H,3,9-10,12-13,15-18,20-21H2,1-2H3,(H,31,33). The fraction of sp³-hybridized carbons (Fsp3) is 0.533. The van der Waals surface area contributed by atoms with E-state index < -0.39 is 0 Å². The number of carbonyl (C=O) groups excluding carboxylic acids is 2. The van der Waals surface area contributed by atoms with Crippen molar-refractivity contribution in [1.29, 1.82) is 0 Å². The van der Waals surface area contributed by atoms with Gasteiger partial charge >= 0.3 is 6.09 Å². The van der Waals surface area contributed by atoms with Crippen LogP contribution < -0.4 is 14.8 Å². The maximum absolute atomic E-state index is 12.8. The predicted octanol–water partition coefficient (Wildman–Crippen LogP) is 5.71. The molecular formula is C30H40N2O5. The molecule has 1 saturated carbocycles. The monoisotopic (exact) mass is 508 g/mol. The SMILES string of the molecule is CCC1CCC(OC(=O)N2CCC(C(=O)NCc3ccc(OCc4ccccc4)c(OC)c3)CC2)CC1. The average Bonchev–Trinajstić information content (AvgIpc) is 2.96. The molecule has 7 heteroatoms. The summed E-state index contributed by atoms with van der Waals surface area (Å²) in [7, 11) is 1.61. The summed E-state index contributed by atoms with van der Waals surface area (Å²) >= 11 is 0. The fourth-order valence-corrected chi connectivity index (χ4v) is 5.21. The number of piperidine rings is 1. The van der Waals surface area contributed by atoms with Crippen LogP contribution in [0.1, 0.15) is 63.0 Å². The lowest BCUT2D eigenvalue weighted by Crippen LogP contribution is -2.44. The summed E-state index contributed by atoms with van der Waals surface area (Å²) in [5.41, 5.74) is 2.02. The van der Waals surface area contributed by atoms with Crippen LogP contribution in [0.15, 0.2) is 48.5 Å². The number of likely N-dealkylation sites (tertiary alicyclic amines) is 1. The van der Waals surface area contributed by atoms with Gasteiger partial charge in [0.1, 0.15) is 12.7 Å². The van der Waals surface area contributed by atoms with Crippen molar-refractivity contribution in [2.24, 2.45) is 11.8 Å². The highest BCUT2D eigenvalue weighted by atomic mass is 16.6. The van der Waals surface area contributed by atoms with Gasteiger partial charge in [0.05, 0.1) is 7.11 Å². The minimum Gasteiger partial charge on any atom is -0.493 e. The maximum Gasteiger partial charge on any atom is 0.410 e. The number of nitrogens with one attached hydrogen (secondary N) is 1. The molecule has 4 rings (SSSR count). The van der Waals surface area contributed by atoms with Crippen LogP contribution in [-0.2, 0) is 22.7 Å². The van der Waals surface area contributed by atoms with E-state index in [0.29, 0.717) is 50.6 Å². The molecule has 200 valence electrons. The first-order chi connectivity index (χ1) is 18.1. The zero-order valence-electron chi connectivity index (χ0n) is 22.1. The van der Waals surface area contributed by atoms with E-state index in [1.807, 2.05) is 48.5 Å². The molecule has 1 aliphatic heterocycles. The third-order valence-corrected chi connectivity index (χ3v) is 7.69. The average molecular weight is 509 g/mol. The van der Waals surface area contributed by atoms with Gasteiger partial charge in [0, 0.05) is 25.6 Å². The largest absolute Gasteiger partial charge is 0.493 e. The van der Waals surface area contributed by atoms with E-state index in [1.54, 1.807) is 12.0 Å². The van der Waals surface area contributed by atoms with Crippen LogP contribution in [0.5, 0.6) is 11.5 Å². The van der Waals surface area contributed by atoms with E-state index in [9.17, 15) is 9.59 Å². The quantitative estimate of drug-likeness (QED) is 0.470. The summed E-state index contributed by atoms with van der Waals surface area (Å²) in [6.45, 7) is 4.22. The van der Waals surface area contributed by atoms with Gasteiger partial charge in [-0.25, -0.2) is 4.79 Å². The van der Waals surface area contributed by atoms with Crippen LogP contribution in [0.3, 0.4) is 0 Å². The van der Waals surface area contributed by atoms with Gasteiger partial charge in [0.15, 0.2) is 11.5 Å². The summed E-state index contributed by atoms with van der Waals surface area (Å²) in [5, 5.41) is 3.05. The molecule has 0 atom stereocenters. The Hall–Kier alpha value is -3.22. The molecule has 2 aliphatic rings. The molecule has 2 amide bonds. The second kappa shape index (κ2) is 13.4. The zero-order chi connectivity index (χ0) is 26.0. The second-order valence-electron chi connectivity index (χ2n) is 10.2. The number of methoxy groups -OCH3 is 1. The molecule has 37 heavy (non-hydrogen) atoms. The van der Waals surface area contributed by atoms with Crippen LogP contribution in [0, 0.1) is 11.8 Å². The van der Waals surface area contributed by atoms with E-state index in [2.05, 4.69) is 12.2 Å². The van der Waals surface area contributed by atoms with Gasteiger partial charge in [-0.3, -0.25) is 4.79 Å². The van der Waals surface area contributed by atoms with E-state index >= 15 is 0 Å². The van der Waals surface area contributed by atoms with E-state index in [1.165, 1.54) is 6.42 Å². The highest BCUT2D eigenvalue weighted by Gasteiger charge is 2.30. The molecule has 0 unspecified atom stereocenters. The molecule has 0 bridgehead atoms. The number of hydrogen-bond acceptors (Lipinski definition) is 5. The Morgan fingerprint density at radius 2 is 1.65 bits per heavy atom. The number of hydrogen-bond donors (Lipinski definition) is 1. The van der Waals surface area contributed by atoms with Gasteiger partial charge in [-0.15, -0.1) is 0 Å². The molecule has 0 radical (unpaired) electrons. The van der Waals surface area contributed by atoms with Crippen molar-refractivity contribution in [2.45, 2.75) is 71.1 Å². The van der Waals surface area contributed by atoms with Crippen LogP contribution in [-0.4, -0.2) is 43.2 Å². The highest BCUT2D eigenvalue weighted by Crippen LogP contribution is 2.30. The molecule has 1 saturated heterocycles. The number of carbonyl (C=O) groups is 2. The number of amides is 2. The summed E-state index contributed by atoms with van der Waals surface area (Å²) in [5.74, 6) is 2.00. The molecule has 2 fully saturated rings.